The second-order valence-electron chi connectivity index (χ2n) is 7.04. The van der Waals surface area contributed by atoms with Crippen LogP contribution < -0.4 is 5.32 Å². The molecule has 1 aromatic rings. The van der Waals surface area contributed by atoms with Crippen LogP contribution in [0, 0.1) is 15.5 Å². The van der Waals surface area contributed by atoms with Crippen LogP contribution in [-0.4, -0.2) is 51.7 Å². The van der Waals surface area contributed by atoms with Crippen LogP contribution in [0.4, 0.5) is 5.69 Å². The monoisotopic (exact) mass is 350 g/mol. The molecule has 0 aliphatic carbocycles. The zero-order chi connectivity index (χ0) is 18.3. The molecule has 1 N–H and O–H groups in total. The van der Waals surface area contributed by atoms with Gasteiger partial charge in [-0.15, -0.1) is 0 Å². The summed E-state index contributed by atoms with van der Waals surface area (Å²) in [7, 11) is 0. The van der Waals surface area contributed by atoms with Crippen molar-refractivity contribution in [2.45, 2.75) is 53.0 Å². The van der Waals surface area contributed by atoms with Gasteiger partial charge in [-0.2, -0.15) is 5.10 Å². The van der Waals surface area contributed by atoms with E-state index in [9.17, 15) is 10.1 Å². The van der Waals surface area contributed by atoms with Gasteiger partial charge in [0.05, 0.1) is 18.0 Å². The minimum absolute atomic E-state index is 0.0160. The third-order valence-electron chi connectivity index (χ3n) is 4.69. The molecule has 1 aliphatic heterocycles. The van der Waals surface area contributed by atoms with Gasteiger partial charge in [0.25, 0.3) is 0 Å². The van der Waals surface area contributed by atoms with E-state index < -0.39 is 4.92 Å². The van der Waals surface area contributed by atoms with E-state index in [1.54, 1.807) is 4.68 Å². The fraction of sp³-hybridized carbons (Fsp3) is 0.765. The summed E-state index contributed by atoms with van der Waals surface area (Å²) in [5.74, 6) is 0.936. The fourth-order valence-electron chi connectivity index (χ4n) is 3.56. The molecule has 1 aliphatic rings. The van der Waals surface area contributed by atoms with Crippen LogP contribution in [0.1, 0.15) is 46.5 Å². The lowest BCUT2D eigenvalue weighted by atomic mass is 9.78. The number of hydrogen-bond acceptors (Lipinski definition) is 4. The van der Waals surface area contributed by atoms with Crippen LogP contribution in [0.2, 0.25) is 0 Å². The van der Waals surface area contributed by atoms with Crippen molar-refractivity contribution in [3.63, 3.8) is 0 Å². The molecule has 0 radical (unpaired) electrons. The largest absolute Gasteiger partial charge is 0.357 e. The third-order valence-corrected chi connectivity index (χ3v) is 4.69. The SMILES string of the molecule is CCCC1(C)CCCN(C(=NCCn2cc([N+](=O)[O-])cn2)NCC)C1. The van der Waals surface area contributed by atoms with E-state index in [2.05, 4.69) is 36.1 Å². The predicted octanol–water partition coefficient (Wildman–Crippen LogP) is 2.66. The van der Waals surface area contributed by atoms with Crippen molar-refractivity contribution in [3.8, 4) is 0 Å². The highest BCUT2D eigenvalue weighted by atomic mass is 16.6. The van der Waals surface area contributed by atoms with Crippen molar-refractivity contribution in [3.05, 3.63) is 22.5 Å². The Hall–Kier alpha value is -2.12. The van der Waals surface area contributed by atoms with Gasteiger partial charge in [0.2, 0.25) is 0 Å². The predicted molar refractivity (Wildman–Crippen MR) is 98.7 cm³/mol. The van der Waals surface area contributed by atoms with Gasteiger partial charge in [-0.3, -0.25) is 19.8 Å². The first-order valence-electron chi connectivity index (χ1n) is 9.17. The summed E-state index contributed by atoms with van der Waals surface area (Å²) in [6.07, 6.45) is 7.62. The number of aromatic nitrogens is 2. The number of likely N-dealkylation sites (tertiary alicyclic amines) is 1. The van der Waals surface area contributed by atoms with E-state index in [-0.39, 0.29) is 5.69 Å². The lowest BCUT2D eigenvalue weighted by Crippen LogP contribution is -2.50. The Balaban J connectivity index is 1.98. The highest BCUT2D eigenvalue weighted by Crippen LogP contribution is 2.33. The lowest BCUT2D eigenvalue weighted by Gasteiger charge is -2.42. The molecule has 8 heteroatoms. The van der Waals surface area contributed by atoms with E-state index in [1.807, 2.05) is 0 Å². The quantitative estimate of drug-likeness (QED) is 0.353. The molecule has 1 aromatic heterocycles. The molecular weight excluding hydrogens is 320 g/mol. The zero-order valence-corrected chi connectivity index (χ0v) is 15.6. The molecule has 0 saturated carbocycles. The first kappa shape index (κ1) is 19.2. The van der Waals surface area contributed by atoms with Crippen LogP contribution in [0.25, 0.3) is 0 Å². The third kappa shape index (κ3) is 5.44. The van der Waals surface area contributed by atoms with Crippen molar-refractivity contribution in [2.75, 3.05) is 26.2 Å². The molecule has 1 saturated heterocycles. The standard InChI is InChI=1S/C17H30N6O2/c1-4-7-17(3)8-6-10-21(14-17)16(18-5-2)19-9-11-22-13-15(12-20-22)23(24)25/h12-13H,4-11,14H2,1-3H3,(H,18,19). The molecule has 2 heterocycles. The highest BCUT2D eigenvalue weighted by Gasteiger charge is 2.31. The molecule has 0 aromatic carbocycles. The number of rotatable bonds is 7. The van der Waals surface area contributed by atoms with E-state index in [0.29, 0.717) is 18.5 Å². The fourth-order valence-corrected chi connectivity index (χ4v) is 3.56. The van der Waals surface area contributed by atoms with Crippen molar-refractivity contribution < 1.29 is 4.92 Å². The number of nitrogens with one attached hydrogen (secondary N) is 1. The smallest absolute Gasteiger partial charge is 0.306 e. The van der Waals surface area contributed by atoms with Crippen molar-refractivity contribution in [2.24, 2.45) is 10.4 Å². The Bertz CT molecular complexity index is 596. The second-order valence-corrected chi connectivity index (χ2v) is 7.04. The van der Waals surface area contributed by atoms with Gasteiger partial charge in [-0.05, 0) is 31.6 Å². The number of hydrogen-bond donors (Lipinski definition) is 1. The summed E-state index contributed by atoms with van der Waals surface area (Å²) < 4.78 is 1.57. The van der Waals surface area contributed by atoms with Crippen LogP contribution in [-0.2, 0) is 6.54 Å². The average molecular weight is 350 g/mol. The average Bonchev–Trinajstić information content (AvgIpc) is 3.03. The van der Waals surface area contributed by atoms with Crippen molar-refractivity contribution in [1.29, 1.82) is 0 Å². The summed E-state index contributed by atoms with van der Waals surface area (Å²) in [6.45, 7) is 10.6. The summed E-state index contributed by atoms with van der Waals surface area (Å²) in [5.41, 5.74) is 0.369. The van der Waals surface area contributed by atoms with E-state index in [1.165, 1.54) is 38.1 Å². The van der Waals surface area contributed by atoms with Gasteiger partial charge >= 0.3 is 5.69 Å². The summed E-state index contributed by atoms with van der Waals surface area (Å²) in [6, 6.07) is 0. The summed E-state index contributed by atoms with van der Waals surface area (Å²) in [4.78, 5) is 17.3. The van der Waals surface area contributed by atoms with Gasteiger partial charge < -0.3 is 10.2 Å². The minimum Gasteiger partial charge on any atom is -0.357 e. The van der Waals surface area contributed by atoms with E-state index >= 15 is 0 Å². The molecule has 140 valence electrons. The van der Waals surface area contributed by atoms with Gasteiger partial charge in [0.15, 0.2) is 5.96 Å². The van der Waals surface area contributed by atoms with Crippen LogP contribution >= 0.6 is 0 Å². The summed E-state index contributed by atoms with van der Waals surface area (Å²) in [5, 5.41) is 18.1. The van der Waals surface area contributed by atoms with Gasteiger partial charge in [-0.1, -0.05) is 20.3 Å². The maximum absolute atomic E-state index is 10.7. The molecule has 0 spiro atoms. The number of guanidine groups is 1. The first-order chi connectivity index (χ1) is 12.0. The Morgan fingerprint density at radius 1 is 1.52 bits per heavy atom. The highest BCUT2D eigenvalue weighted by molar-refractivity contribution is 5.80. The molecule has 2 rings (SSSR count). The van der Waals surface area contributed by atoms with Crippen LogP contribution in [0.15, 0.2) is 17.4 Å². The van der Waals surface area contributed by atoms with Gasteiger partial charge in [0.1, 0.15) is 12.4 Å². The molecular formula is C17H30N6O2. The molecule has 1 fully saturated rings. The number of piperidine rings is 1. The Morgan fingerprint density at radius 2 is 2.32 bits per heavy atom. The van der Waals surface area contributed by atoms with Gasteiger partial charge in [-0.25, -0.2) is 0 Å². The number of nitrogens with zero attached hydrogens (tertiary/aromatic N) is 5. The molecule has 25 heavy (non-hydrogen) atoms. The second kappa shape index (κ2) is 8.82. The van der Waals surface area contributed by atoms with Crippen LogP contribution in [0.5, 0.6) is 0 Å². The number of nitro groups is 1. The normalized spacial score (nSPS) is 21.4. The molecule has 0 bridgehead atoms. The summed E-state index contributed by atoms with van der Waals surface area (Å²) >= 11 is 0. The van der Waals surface area contributed by atoms with Crippen LogP contribution in [0.3, 0.4) is 0 Å². The Morgan fingerprint density at radius 3 is 2.96 bits per heavy atom. The lowest BCUT2D eigenvalue weighted by molar-refractivity contribution is -0.385. The maximum Gasteiger partial charge on any atom is 0.306 e. The zero-order valence-electron chi connectivity index (χ0n) is 15.6. The van der Waals surface area contributed by atoms with Crippen molar-refractivity contribution >= 4 is 11.6 Å². The van der Waals surface area contributed by atoms with E-state index in [0.717, 1.165) is 25.6 Å². The Labute approximate surface area is 149 Å². The number of aliphatic imine (C=N–C) groups is 1. The topological polar surface area (TPSA) is 88.6 Å². The molecule has 1 unspecified atom stereocenters. The molecule has 0 amide bonds. The molecule has 1 atom stereocenters. The molecule has 8 nitrogen and oxygen atoms in total. The first-order valence-corrected chi connectivity index (χ1v) is 9.17. The van der Waals surface area contributed by atoms with E-state index in [4.69, 9.17) is 4.99 Å². The van der Waals surface area contributed by atoms with Gasteiger partial charge in [0, 0.05) is 19.6 Å². The van der Waals surface area contributed by atoms with Crippen molar-refractivity contribution in [1.82, 2.24) is 20.0 Å². The maximum atomic E-state index is 10.7. The Kier molecular flexibility index (Phi) is 6.78. The minimum atomic E-state index is -0.431.